The maximum Gasteiger partial charge on any atom is 0.240 e. The van der Waals surface area contributed by atoms with Gasteiger partial charge in [-0.15, -0.1) is 0 Å². The van der Waals surface area contributed by atoms with Crippen molar-refractivity contribution in [2.45, 2.75) is 20.0 Å². The topological polar surface area (TPSA) is 60.6 Å². The second-order valence-electron chi connectivity index (χ2n) is 4.79. The molecule has 0 radical (unpaired) electrons. The summed E-state index contributed by atoms with van der Waals surface area (Å²) in [6, 6.07) is 1.69. The third-order valence-corrected chi connectivity index (χ3v) is 3.80. The lowest BCUT2D eigenvalue weighted by atomic mass is 10.2. The second kappa shape index (κ2) is 7.17. The first-order valence-electron chi connectivity index (χ1n) is 6.52. The van der Waals surface area contributed by atoms with Gasteiger partial charge in [0, 0.05) is 18.2 Å². The Kier molecular flexibility index (Phi) is 5.50. The van der Waals surface area contributed by atoms with Gasteiger partial charge < -0.3 is 14.0 Å². The molecule has 0 fully saturated rings. The summed E-state index contributed by atoms with van der Waals surface area (Å²) in [5.74, 6) is 2.10. The smallest absolute Gasteiger partial charge is 0.240 e. The summed E-state index contributed by atoms with van der Waals surface area (Å²) in [4.78, 5) is 6.13. The standard InChI is InChI=1S/C14H17Cl2N3O3/c1-8-17-12(22-18-8)7-19(2)6-9-10(15)5-11(20-3)14(21-4)13(9)16/h5H,6-7H2,1-4H3. The van der Waals surface area contributed by atoms with Crippen molar-refractivity contribution < 1.29 is 14.0 Å². The fourth-order valence-electron chi connectivity index (χ4n) is 2.07. The van der Waals surface area contributed by atoms with Crippen molar-refractivity contribution in [1.82, 2.24) is 15.0 Å². The molecule has 0 aliphatic heterocycles. The molecule has 0 amide bonds. The summed E-state index contributed by atoms with van der Waals surface area (Å²) in [5.41, 5.74) is 0.750. The van der Waals surface area contributed by atoms with Crippen LogP contribution in [-0.4, -0.2) is 36.3 Å². The molecule has 1 aromatic heterocycles. The zero-order valence-corrected chi connectivity index (χ0v) is 14.3. The van der Waals surface area contributed by atoms with Gasteiger partial charge >= 0.3 is 0 Å². The molecule has 0 aliphatic rings. The lowest BCUT2D eigenvalue weighted by molar-refractivity contribution is 0.260. The highest BCUT2D eigenvalue weighted by Gasteiger charge is 2.19. The molecule has 1 aromatic carbocycles. The Morgan fingerprint density at radius 2 is 1.95 bits per heavy atom. The summed E-state index contributed by atoms with van der Waals surface area (Å²) in [6.45, 7) is 2.76. The van der Waals surface area contributed by atoms with Gasteiger partial charge in [-0.25, -0.2) is 0 Å². The third-order valence-electron chi connectivity index (χ3n) is 3.06. The molecule has 22 heavy (non-hydrogen) atoms. The molecule has 6 nitrogen and oxygen atoms in total. The Balaban J connectivity index is 2.21. The monoisotopic (exact) mass is 345 g/mol. The molecule has 0 unspecified atom stereocenters. The number of rotatable bonds is 6. The Bertz CT molecular complexity index is 661. The van der Waals surface area contributed by atoms with Gasteiger partial charge in [-0.3, -0.25) is 4.90 Å². The summed E-state index contributed by atoms with van der Waals surface area (Å²) < 4.78 is 15.6. The predicted octanol–water partition coefficient (Wildman–Crippen LogP) is 3.33. The van der Waals surface area contributed by atoms with Crippen LogP contribution in [0.3, 0.4) is 0 Å². The Morgan fingerprint density at radius 1 is 1.23 bits per heavy atom. The summed E-state index contributed by atoms with van der Waals surface area (Å²) in [6.07, 6.45) is 0. The first-order valence-corrected chi connectivity index (χ1v) is 7.28. The Morgan fingerprint density at radius 3 is 2.50 bits per heavy atom. The van der Waals surface area contributed by atoms with Crippen molar-refractivity contribution >= 4 is 23.2 Å². The zero-order chi connectivity index (χ0) is 16.3. The minimum absolute atomic E-state index is 0.431. The van der Waals surface area contributed by atoms with Crippen molar-refractivity contribution in [3.05, 3.63) is 33.4 Å². The number of hydrogen-bond acceptors (Lipinski definition) is 6. The molecule has 0 spiro atoms. The molecule has 0 saturated carbocycles. The number of nitrogens with zero attached hydrogens (tertiary/aromatic N) is 3. The number of methoxy groups -OCH3 is 2. The molecular formula is C14H17Cl2N3O3. The number of aryl methyl sites for hydroxylation is 1. The number of aromatic nitrogens is 2. The molecule has 2 rings (SSSR count). The maximum absolute atomic E-state index is 6.38. The van der Waals surface area contributed by atoms with Crippen LogP contribution in [0.2, 0.25) is 10.0 Å². The first-order chi connectivity index (χ1) is 10.5. The van der Waals surface area contributed by atoms with Crippen LogP contribution >= 0.6 is 23.2 Å². The van der Waals surface area contributed by atoms with Crippen molar-refractivity contribution in [2.24, 2.45) is 0 Å². The molecule has 120 valence electrons. The largest absolute Gasteiger partial charge is 0.493 e. The highest BCUT2D eigenvalue weighted by molar-refractivity contribution is 6.37. The molecule has 1 heterocycles. The average Bonchev–Trinajstić information content (AvgIpc) is 2.88. The van der Waals surface area contributed by atoms with Crippen LogP contribution in [-0.2, 0) is 13.1 Å². The first kappa shape index (κ1) is 16.9. The highest BCUT2D eigenvalue weighted by Crippen LogP contribution is 2.41. The summed E-state index contributed by atoms with van der Waals surface area (Å²) >= 11 is 12.7. The highest BCUT2D eigenvalue weighted by atomic mass is 35.5. The van der Waals surface area contributed by atoms with Crippen molar-refractivity contribution in [1.29, 1.82) is 0 Å². The summed E-state index contributed by atoms with van der Waals surface area (Å²) in [5, 5.41) is 4.70. The quantitative estimate of drug-likeness (QED) is 0.800. The minimum Gasteiger partial charge on any atom is -0.493 e. The van der Waals surface area contributed by atoms with Crippen molar-refractivity contribution in [2.75, 3.05) is 21.3 Å². The van der Waals surface area contributed by atoms with E-state index >= 15 is 0 Å². The average molecular weight is 346 g/mol. The van der Waals surface area contributed by atoms with E-state index in [0.717, 1.165) is 5.56 Å². The van der Waals surface area contributed by atoms with E-state index in [2.05, 4.69) is 10.1 Å². The second-order valence-corrected chi connectivity index (χ2v) is 5.58. The van der Waals surface area contributed by atoms with E-state index in [1.54, 1.807) is 13.0 Å². The lowest BCUT2D eigenvalue weighted by Crippen LogP contribution is -2.18. The SMILES string of the molecule is COc1cc(Cl)c(CN(C)Cc2nc(C)no2)c(Cl)c1OC. The third kappa shape index (κ3) is 3.63. The van der Waals surface area contributed by atoms with E-state index in [9.17, 15) is 0 Å². The van der Waals surface area contributed by atoms with Gasteiger partial charge in [0.15, 0.2) is 17.3 Å². The van der Waals surface area contributed by atoms with E-state index in [1.165, 1.54) is 14.2 Å². The van der Waals surface area contributed by atoms with E-state index in [1.807, 2.05) is 11.9 Å². The van der Waals surface area contributed by atoms with Gasteiger partial charge in [0.2, 0.25) is 5.89 Å². The van der Waals surface area contributed by atoms with Crippen LogP contribution in [0.4, 0.5) is 0 Å². The van der Waals surface area contributed by atoms with Gasteiger partial charge in [0.25, 0.3) is 0 Å². The fourth-order valence-corrected chi connectivity index (χ4v) is 2.70. The van der Waals surface area contributed by atoms with E-state index < -0.39 is 0 Å². The van der Waals surface area contributed by atoms with Crippen molar-refractivity contribution in [3.63, 3.8) is 0 Å². The van der Waals surface area contributed by atoms with Gasteiger partial charge in [-0.1, -0.05) is 28.4 Å². The molecular weight excluding hydrogens is 329 g/mol. The molecule has 0 bridgehead atoms. The van der Waals surface area contributed by atoms with Crippen LogP contribution in [0.25, 0.3) is 0 Å². The van der Waals surface area contributed by atoms with Gasteiger partial charge in [-0.2, -0.15) is 4.98 Å². The molecule has 0 N–H and O–H groups in total. The van der Waals surface area contributed by atoms with Gasteiger partial charge in [0.05, 0.1) is 30.8 Å². The van der Waals surface area contributed by atoms with E-state index in [4.69, 9.17) is 37.2 Å². The number of benzene rings is 1. The molecule has 0 saturated heterocycles. The minimum atomic E-state index is 0.431. The van der Waals surface area contributed by atoms with E-state index in [0.29, 0.717) is 46.3 Å². The number of hydrogen-bond donors (Lipinski definition) is 0. The normalized spacial score (nSPS) is 11.0. The molecule has 0 atom stereocenters. The van der Waals surface area contributed by atoms with Crippen LogP contribution in [0.1, 0.15) is 17.3 Å². The van der Waals surface area contributed by atoms with Crippen molar-refractivity contribution in [3.8, 4) is 11.5 Å². The number of halogens is 2. The molecule has 0 aliphatic carbocycles. The van der Waals surface area contributed by atoms with Gasteiger partial charge in [0.1, 0.15) is 0 Å². The maximum atomic E-state index is 6.38. The molecule has 8 heteroatoms. The fraction of sp³-hybridized carbons (Fsp3) is 0.429. The van der Waals surface area contributed by atoms with Crippen LogP contribution in [0, 0.1) is 6.92 Å². The Hall–Kier alpha value is -1.50. The summed E-state index contributed by atoms with van der Waals surface area (Å²) in [7, 11) is 4.98. The predicted molar refractivity (Wildman–Crippen MR) is 83.8 cm³/mol. The number of ether oxygens (including phenoxy) is 2. The van der Waals surface area contributed by atoms with Crippen LogP contribution in [0.5, 0.6) is 11.5 Å². The van der Waals surface area contributed by atoms with Crippen LogP contribution < -0.4 is 9.47 Å². The Labute approximate surface area is 138 Å². The zero-order valence-electron chi connectivity index (χ0n) is 12.8. The van der Waals surface area contributed by atoms with Gasteiger partial charge in [-0.05, 0) is 14.0 Å². The lowest BCUT2D eigenvalue weighted by Gasteiger charge is -2.19. The van der Waals surface area contributed by atoms with E-state index in [-0.39, 0.29) is 0 Å². The van der Waals surface area contributed by atoms with Crippen LogP contribution in [0.15, 0.2) is 10.6 Å². The molecule has 2 aromatic rings.